The van der Waals surface area contributed by atoms with Crippen molar-refractivity contribution >= 4 is 29.2 Å². The van der Waals surface area contributed by atoms with Gasteiger partial charge in [0.15, 0.2) is 11.7 Å². The Morgan fingerprint density at radius 1 is 1.26 bits per heavy atom. The van der Waals surface area contributed by atoms with Gasteiger partial charge in [-0.25, -0.2) is 20.0 Å². The van der Waals surface area contributed by atoms with Crippen molar-refractivity contribution in [3.63, 3.8) is 0 Å². The maximum absolute atomic E-state index is 6.36. The summed E-state index contributed by atoms with van der Waals surface area (Å²) in [6.45, 7) is 0.366. The average Bonchev–Trinajstić information content (AvgIpc) is 3.03. The Balaban J connectivity index is 1.46. The van der Waals surface area contributed by atoms with E-state index < -0.39 is 5.60 Å². The van der Waals surface area contributed by atoms with E-state index in [1.54, 1.807) is 13.3 Å². The Kier molecular flexibility index (Phi) is 2.86. The molecule has 2 aromatic heterocycles. The second kappa shape index (κ2) is 5.08. The number of fused-ring (bicyclic) bond motifs is 6. The molecule has 0 saturated heterocycles. The summed E-state index contributed by atoms with van der Waals surface area (Å²) < 4.78 is 12.9. The van der Waals surface area contributed by atoms with Crippen LogP contribution in [0.1, 0.15) is 24.3 Å². The molecule has 0 bridgehead atoms. The van der Waals surface area contributed by atoms with Crippen molar-refractivity contribution in [1.82, 2.24) is 19.7 Å². The molecule has 1 saturated carbocycles. The van der Waals surface area contributed by atoms with Crippen LogP contribution in [0.15, 0.2) is 40.0 Å². The highest BCUT2D eigenvalue weighted by molar-refractivity contribution is 6.29. The molecule has 0 atom stereocenters. The van der Waals surface area contributed by atoms with Crippen molar-refractivity contribution in [3.05, 3.63) is 47.2 Å². The monoisotopic (exact) mass is 383 g/mol. The summed E-state index contributed by atoms with van der Waals surface area (Å²) in [5.41, 5.74) is 1.47. The molecule has 1 aliphatic carbocycles. The van der Waals surface area contributed by atoms with E-state index in [9.17, 15) is 0 Å². The molecule has 4 heterocycles. The Hall–Kier alpha value is -2.91. The molecule has 3 aliphatic rings. The Morgan fingerprint density at radius 3 is 2.93 bits per heavy atom. The molecule has 0 unspecified atom stereocenters. The summed E-state index contributed by atoms with van der Waals surface area (Å²) in [6, 6.07) is 7.94. The van der Waals surface area contributed by atoms with E-state index in [4.69, 9.17) is 25.9 Å². The molecule has 27 heavy (non-hydrogen) atoms. The number of para-hydroxylation sites is 1. The van der Waals surface area contributed by atoms with Crippen LogP contribution in [0.2, 0.25) is 5.28 Å². The van der Waals surface area contributed by atoms with E-state index >= 15 is 0 Å². The zero-order valence-corrected chi connectivity index (χ0v) is 15.1. The van der Waals surface area contributed by atoms with Crippen molar-refractivity contribution in [2.45, 2.75) is 18.4 Å². The molecule has 2 aliphatic heterocycles. The van der Waals surface area contributed by atoms with Crippen LogP contribution in [-0.4, -0.2) is 39.3 Å². The number of hydrogen-bond donors (Lipinski definition) is 0. The largest absolute Gasteiger partial charge is 0.368 e. The first-order valence-electron chi connectivity index (χ1n) is 8.56. The number of rotatable bonds is 3. The number of hydrazine groups is 1. The summed E-state index contributed by atoms with van der Waals surface area (Å²) in [5, 5.41) is 8.30. The highest BCUT2D eigenvalue weighted by Crippen LogP contribution is 2.48. The summed E-state index contributed by atoms with van der Waals surface area (Å²) in [7, 11) is 1.66. The number of imidazole rings is 1. The number of anilines is 2. The van der Waals surface area contributed by atoms with Crippen LogP contribution in [0.4, 0.5) is 11.8 Å². The van der Waals surface area contributed by atoms with E-state index in [0.29, 0.717) is 23.8 Å². The number of hydrogen-bond acceptors (Lipinski definition) is 8. The van der Waals surface area contributed by atoms with E-state index in [-0.39, 0.29) is 0 Å². The lowest BCUT2D eigenvalue weighted by Gasteiger charge is -2.33. The van der Waals surface area contributed by atoms with Crippen LogP contribution in [-0.2, 0) is 10.3 Å². The fourth-order valence-corrected chi connectivity index (χ4v) is 3.86. The molecule has 10 heteroatoms. The zero-order chi connectivity index (χ0) is 18.2. The predicted molar refractivity (Wildman–Crippen MR) is 97.2 cm³/mol. The topological polar surface area (TPSA) is 84.8 Å². The fourth-order valence-electron chi connectivity index (χ4n) is 3.64. The van der Waals surface area contributed by atoms with Gasteiger partial charge in [0.1, 0.15) is 12.3 Å². The first-order chi connectivity index (χ1) is 13.2. The number of nitrogens with zero attached hydrogens (tertiary/aromatic N) is 7. The standard InChI is InChI=1S/C17H14ClN7O2/c1-26-17(6-7-17)14-21-16(22-27-14)23-9-20-13-10-4-2-3-5-11(10)24-12(25(13)23)8-19-15(24)18/h2-5,8H,6-7,9H2,1H3. The molecule has 0 radical (unpaired) electrons. The summed E-state index contributed by atoms with van der Waals surface area (Å²) in [6.07, 6.45) is 3.48. The Morgan fingerprint density at radius 2 is 2.11 bits per heavy atom. The smallest absolute Gasteiger partial charge is 0.287 e. The molecule has 1 aromatic carbocycles. The highest BCUT2D eigenvalue weighted by Gasteiger charge is 2.51. The van der Waals surface area contributed by atoms with Gasteiger partial charge in [-0.05, 0) is 41.7 Å². The molecule has 6 rings (SSSR count). The number of amidine groups is 1. The summed E-state index contributed by atoms with van der Waals surface area (Å²) in [4.78, 5) is 13.5. The van der Waals surface area contributed by atoms with Gasteiger partial charge in [-0.3, -0.25) is 4.57 Å². The molecule has 0 amide bonds. The van der Waals surface area contributed by atoms with Crippen LogP contribution in [0.5, 0.6) is 0 Å². The molecule has 1 fully saturated rings. The lowest BCUT2D eigenvalue weighted by atomic mass is 10.1. The number of halogens is 1. The second-order valence-electron chi connectivity index (χ2n) is 6.67. The van der Waals surface area contributed by atoms with Crippen LogP contribution >= 0.6 is 11.6 Å². The normalized spacial score (nSPS) is 18.8. The first-order valence-corrected chi connectivity index (χ1v) is 8.94. The van der Waals surface area contributed by atoms with Gasteiger partial charge < -0.3 is 9.26 Å². The van der Waals surface area contributed by atoms with Crippen molar-refractivity contribution in [1.29, 1.82) is 0 Å². The quantitative estimate of drug-likeness (QED) is 0.686. The van der Waals surface area contributed by atoms with Crippen LogP contribution < -0.4 is 10.0 Å². The van der Waals surface area contributed by atoms with Crippen LogP contribution in [0, 0.1) is 0 Å². The Labute approximate surface area is 158 Å². The van der Waals surface area contributed by atoms with Gasteiger partial charge in [0.2, 0.25) is 5.28 Å². The minimum absolute atomic E-state index is 0.366. The van der Waals surface area contributed by atoms with Gasteiger partial charge in [0.25, 0.3) is 11.8 Å². The maximum atomic E-state index is 6.36. The minimum atomic E-state index is -0.436. The number of benzene rings is 1. The molecular weight excluding hydrogens is 370 g/mol. The molecule has 0 spiro atoms. The summed E-state index contributed by atoms with van der Waals surface area (Å²) >= 11 is 6.36. The van der Waals surface area contributed by atoms with Gasteiger partial charge in [-0.2, -0.15) is 4.98 Å². The number of methoxy groups -OCH3 is 1. The lowest BCUT2D eigenvalue weighted by Crippen LogP contribution is -2.46. The molecule has 136 valence electrons. The van der Waals surface area contributed by atoms with Crippen molar-refractivity contribution in [2.24, 2.45) is 4.99 Å². The minimum Gasteiger partial charge on any atom is -0.368 e. The van der Waals surface area contributed by atoms with Gasteiger partial charge in [-0.1, -0.05) is 12.1 Å². The third kappa shape index (κ3) is 1.92. The van der Waals surface area contributed by atoms with Crippen LogP contribution in [0.25, 0.3) is 5.69 Å². The third-order valence-corrected chi connectivity index (χ3v) is 5.50. The van der Waals surface area contributed by atoms with Crippen LogP contribution in [0.3, 0.4) is 0 Å². The van der Waals surface area contributed by atoms with Crippen molar-refractivity contribution in [2.75, 3.05) is 23.8 Å². The van der Waals surface area contributed by atoms with Gasteiger partial charge in [-0.15, -0.1) is 0 Å². The maximum Gasteiger partial charge on any atom is 0.287 e. The third-order valence-electron chi connectivity index (χ3n) is 5.23. The van der Waals surface area contributed by atoms with E-state index in [2.05, 4.69) is 15.1 Å². The van der Waals surface area contributed by atoms with Crippen molar-refractivity contribution in [3.8, 4) is 5.69 Å². The molecule has 3 aromatic rings. The van der Waals surface area contributed by atoms with E-state index in [1.165, 1.54) is 0 Å². The SMILES string of the molecule is COC1(c2nc(N3CN=C4c5ccccc5-n5c(cnc5Cl)N43)no2)CC1. The molecular formula is C17H14ClN7O2. The average molecular weight is 384 g/mol. The Bertz CT molecular complexity index is 1100. The molecule has 9 nitrogen and oxygen atoms in total. The first kappa shape index (κ1) is 15.2. The number of ether oxygens (including phenoxy) is 1. The lowest BCUT2D eigenvalue weighted by molar-refractivity contribution is 0.0492. The van der Waals surface area contributed by atoms with Gasteiger partial charge in [0.05, 0.1) is 11.9 Å². The highest BCUT2D eigenvalue weighted by atomic mass is 35.5. The molecule has 0 N–H and O–H groups in total. The second-order valence-corrected chi connectivity index (χ2v) is 7.01. The number of aliphatic imine (C=N–C) groups is 1. The zero-order valence-electron chi connectivity index (χ0n) is 14.3. The van der Waals surface area contributed by atoms with E-state index in [1.807, 2.05) is 38.9 Å². The number of aromatic nitrogens is 4. The van der Waals surface area contributed by atoms with E-state index in [0.717, 1.165) is 35.7 Å². The van der Waals surface area contributed by atoms with Gasteiger partial charge >= 0.3 is 0 Å². The van der Waals surface area contributed by atoms with Gasteiger partial charge in [0, 0.05) is 12.7 Å². The fraction of sp³-hybridized carbons (Fsp3) is 0.294. The predicted octanol–water partition coefficient (Wildman–Crippen LogP) is 2.50. The summed E-state index contributed by atoms with van der Waals surface area (Å²) in [5.74, 6) is 2.50. The van der Waals surface area contributed by atoms with Crippen molar-refractivity contribution < 1.29 is 9.26 Å².